The summed E-state index contributed by atoms with van der Waals surface area (Å²) in [5.74, 6) is 0.159. The van der Waals surface area contributed by atoms with Gasteiger partial charge in [-0.15, -0.1) is 0 Å². The molecule has 0 aliphatic heterocycles. The van der Waals surface area contributed by atoms with Crippen molar-refractivity contribution in [2.24, 2.45) is 7.05 Å². The quantitative estimate of drug-likeness (QED) is 0.634. The highest BCUT2D eigenvalue weighted by Gasteiger charge is 2.14. The van der Waals surface area contributed by atoms with Crippen molar-refractivity contribution in [1.82, 2.24) is 4.57 Å². The lowest BCUT2D eigenvalue weighted by Gasteiger charge is -2.01. The Morgan fingerprint density at radius 2 is 1.86 bits per heavy atom. The molecule has 1 aromatic heterocycles. The van der Waals surface area contributed by atoms with Gasteiger partial charge >= 0.3 is 0 Å². The number of aromatic nitrogens is 1. The predicted molar refractivity (Wildman–Crippen MR) is 89.8 cm³/mol. The van der Waals surface area contributed by atoms with Crippen LogP contribution in [0.1, 0.15) is 21.5 Å². The van der Waals surface area contributed by atoms with Crippen LogP contribution >= 0.6 is 15.9 Å². The average molecular weight is 342 g/mol. The van der Waals surface area contributed by atoms with Gasteiger partial charge in [0.25, 0.3) is 0 Å². The standard InChI is InChI=1S/C18H16BrNO/c1-12-3-8-15-16(11-20(2)17(15)9-12)18(21)10-13-4-6-14(19)7-5-13/h3-9,11H,10H2,1-2H3. The Hall–Kier alpha value is -1.87. The highest BCUT2D eigenvalue weighted by Crippen LogP contribution is 2.23. The molecule has 0 saturated carbocycles. The number of Topliss-reactive ketones (excluding diaryl/α,β-unsaturated/α-hetero) is 1. The van der Waals surface area contributed by atoms with Gasteiger partial charge in [-0.2, -0.15) is 0 Å². The maximum absolute atomic E-state index is 12.6. The highest BCUT2D eigenvalue weighted by atomic mass is 79.9. The van der Waals surface area contributed by atoms with E-state index in [2.05, 4.69) is 35.0 Å². The minimum atomic E-state index is 0.159. The molecule has 0 amide bonds. The molecule has 0 fully saturated rings. The Balaban J connectivity index is 1.96. The zero-order valence-corrected chi connectivity index (χ0v) is 13.6. The van der Waals surface area contributed by atoms with Crippen molar-refractivity contribution in [2.75, 3.05) is 0 Å². The highest BCUT2D eigenvalue weighted by molar-refractivity contribution is 9.10. The molecule has 1 heterocycles. The summed E-state index contributed by atoms with van der Waals surface area (Å²) in [5.41, 5.74) is 4.15. The zero-order valence-electron chi connectivity index (χ0n) is 12.1. The summed E-state index contributed by atoms with van der Waals surface area (Å²) >= 11 is 3.41. The van der Waals surface area contributed by atoms with Gasteiger partial charge in [0, 0.05) is 40.6 Å². The van der Waals surface area contributed by atoms with E-state index in [0.29, 0.717) is 6.42 Å². The van der Waals surface area contributed by atoms with Gasteiger partial charge in [0.05, 0.1) is 0 Å². The van der Waals surface area contributed by atoms with E-state index in [1.54, 1.807) is 0 Å². The molecule has 2 aromatic carbocycles. The first kappa shape index (κ1) is 14.1. The van der Waals surface area contributed by atoms with E-state index >= 15 is 0 Å². The number of aryl methyl sites for hydroxylation is 2. The van der Waals surface area contributed by atoms with Crippen LogP contribution in [0.2, 0.25) is 0 Å². The number of rotatable bonds is 3. The van der Waals surface area contributed by atoms with Crippen LogP contribution < -0.4 is 0 Å². The monoisotopic (exact) mass is 341 g/mol. The van der Waals surface area contributed by atoms with Crippen LogP contribution in [0.3, 0.4) is 0 Å². The summed E-state index contributed by atoms with van der Waals surface area (Å²) in [4.78, 5) is 12.6. The van der Waals surface area contributed by atoms with E-state index in [0.717, 1.165) is 26.5 Å². The van der Waals surface area contributed by atoms with E-state index in [9.17, 15) is 4.79 Å². The first-order valence-electron chi connectivity index (χ1n) is 6.88. The number of nitrogens with zero attached hydrogens (tertiary/aromatic N) is 1. The summed E-state index contributed by atoms with van der Waals surface area (Å²) in [6.07, 6.45) is 2.37. The second kappa shape index (κ2) is 5.49. The number of benzene rings is 2. The molecular formula is C18H16BrNO. The number of carbonyl (C=O) groups excluding carboxylic acids is 1. The Bertz CT molecular complexity index is 815. The van der Waals surface area contributed by atoms with Crippen LogP contribution in [0.25, 0.3) is 10.9 Å². The molecular weight excluding hydrogens is 326 g/mol. The number of hydrogen-bond donors (Lipinski definition) is 0. The Labute approximate surface area is 132 Å². The lowest BCUT2D eigenvalue weighted by molar-refractivity contribution is 0.0994. The van der Waals surface area contributed by atoms with Crippen molar-refractivity contribution >= 4 is 32.6 Å². The maximum Gasteiger partial charge on any atom is 0.169 e. The van der Waals surface area contributed by atoms with Crippen molar-refractivity contribution < 1.29 is 4.79 Å². The van der Waals surface area contributed by atoms with Crippen LogP contribution in [-0.4, -0.2) is 10.4 Å². The topological polar surface area (TPSA) is 22.0 Å². The molecule has 0 aliphatic rings. The minimum Gasteiger partial charge on any atom is -0.350 e. The van der Waals surface area contributed by atoms with Crippen molar-refractivity contribution in [3.8, 4) is 0 Å². The summed E-state index contributed by atoms with van der Waals surface area (Å²) in [6, 6.07) is 14.1. The van der Waals surface area contributed by atoms with Crippen molar-refractivity contribution in [2.45, 2.75) is 13.3 Å². The van der Waals surface area contributed by atoms with Crippen LogP contribution in [0.5, 0.6) is 0 Å². The minimum absolute atomic E-state index is 0.159. The largest absolute Gasteiger partial charge is 0.350 e. The van der Waals surface area contributed by atoms with Gasteiger partial charge in [0.1, 0.15) is 0 Å². The molecule has 0 radical (unpaired) electrons. The Morgan fingerprint density at radius 3 is 2.57 bits per heavy atom. The van der Waals surface area contributed by atoms with Crippen molar-refractivity contribution in [3.63, 3.8) is 0 Å². The van der Waals surface area contributed by atoms with Gasteiger partial charge in [0.2, 0.25) is 0 Å². The fourth-order valence-electron chi connectivity index (χ4n) is 2.60. The lowest BCUT2D eigenvalue weighted by atomic mass is 10.0. The number of hydrogen-bond acceptors (Lipinski definition) is 1. The molecule has 0 bridgehead atoms. The summed E-state index contributed by atoms with van der Waals surface area (Å²) in [7, 11) is 1.98. The fourth-order valence-corrected chi connectivity index (χ4v) is 2.86. The van der Waals surface area contributed by atoms with Crippen LogP contribution in [0.4, 0.5) is 0 Å². The molecule has 0 saturated heterocycles. The van der Waals surface area contributed by atoms with Crippen molar-refractivity contribution in [3.05, 3.63) is 69.8 Å². The molecule has 0 aliphatic carbocycles. The molecule has 21 heavy (non-hydrogen) atoms. The van der Waals surface area contributed by atoms with E-state index < -0.39 is 0 Å². The molecule has 0 N–H and O–H groups in total. The van der Waals surface area contributed by atoms with Gasteiger partial charge in [-0.05, 0) is 36.2 Å². The third kappa shape index (κ3) is 2.79. The number of carbonyl (C=O) groups is 1. The zero-order chi connectivity index (χ0) is 15.0. The predicted octanol–water partition coefficient (Wildman–Crippen LogP) is 4.67. The molecule has 0 spiro atoms. The molecule has 0 atom stereocenters. The third-order valence-corrected chi connectivity index (χ3v) is 4.25. The SMILES string of the molecule is Cc1ccc2c(C(=O)Cc3ccc(Br)cc3)cn(C)c2c1. The summed E-state index contributed by atoms with van der Waals surface area (Å²) in [5, 5.41) is 1.03. The van der Waals surface area contributed by atoms with E-state index in [1.807, 2.05) is 48.1 Å². The van der Waals surface area contributed by atoms with Crippen molar-refractivity contribution in [1.29, 1.82) is 0 Å². The molecule has 3 rings (SSSR count). The molecule has 106 valence electrons. The van der Waals surface area contributed by atoms with E-state index in [1.165, 1.54) is 5.56 Å². The maximum atomic E-state index is 12.6. The second-order valence-electron chi connectivity index (χ2n) is 5.40. The van der Waals surface area contributed by atoms with Crippen LogP contribution in [-0.2, 0) is 13.5 Å². The van der Waals surface area contributed by atoms with Gasteiger partial charge < -0.3 is 4.57 Å². The van der Waals surface area contributed by atoms with Gasteiger partial charge in [-0.3, -0.25) is 4.79 Å². The van der Waals surface area contributed by atoms with Gasteiger partial charge in [0.15, 0.2) is 5.78 Å². The lowest BCUT2D eigenvalue weighted by Crippen LogP contribution is -2.02. The van der Waals surface area contributed by atoms with Gasteiger partial charge in [-0.1, -0.05) is 40.2 Å². The molecule has 3 aromatic rings. The molecule has 2 nitrogen and oxygen atoms in total. The number of fused-ring (bicyclic) bond motifs is 1. The Morgan fingerprint density at radius 1 is 1.14 bits per heavy atom. The molecule has 0 unspecified atom stereocenters. The fraction of sp³-hybridized carbons (Fsp3) is 0.167. The first-order valence-corrected chi connectivity index (χ1v) is 7.67. The van der Waals surface area contributed by atoms with Crippen LogP contribution in [0.15, 0.2) is 53.1 Å². The van der Waals surface area contributed by atoms with E-state index in [4.69, 9.17) is 0 Å². The summed E-state index contributed by atoms with van der Waals surface area (Å²) < 4.78 is 3.05. The number of ketones is 1. The second-order valence-corrected chi connectivity index (χ2v) is 6.32. The molecule has 3 heteroatoms. The average Bonchev–Trinajstić information content (AvgIpc) is 2.78. The Kier molecular flexibility index (Phi) is 3.68. The summed E-state index contributed by atoms with van der Waals surface area (Å²) in [6.45, 7) is 2.07. The van der Waals surface area contributed by atoms with Crippen LogP contribution in [0, 0.1) is 6.92 Å². The van der Waals surface area contributed by atoms with Gasteiger partial charge in [-0.25, -0.2) is 0 Å². The first-order chi connectivity index (χ1) is 10.0. The normalized spacial score (nSPS) is 11.0. The third-order valence-electron chi connectivity index (χ3n) is 3.72. The smallest absolute Gasteiger partial charge is 0.169 e. The number of halogens is 1. The van der Waals surface area contributed by atoms with E-state index in [-0.39, 0.29) is 5.78 Å².